The lowest BCUT2D eigenvalue weighted by atomic mass is 10.1. The highest BCUT2D eigenvalue weighted by atomic mass is 35.5. The van der Waals surface area contributed by atoms with E-state index in [2.05, 4.69) is 10.5 Å². The lowest BCUT2D eigenvalue weighted by Gasteiger charge is -2.07. The average molecular weight is 359 g/mol. The summed E-state index contributed by atoms with van der Waals surface area (Å²) in [5.41, 5.74) is 2.05. The number of phenols is 1. The first-order valence-electron chi connectivity index (χ1n) is 7.40. The van der Waals surface area contributed by atoms with Gasteiger partial charge in [0.1, 0.15) is 0 Å². The fourth-order valence-corrected chi connectivity index (χ4v) is 2.47. The molecule has 6 nitrogen and oxygen atoms in total. The van der Waals surface area contributed by atoms with Gasteiger partial charge in [0.05, 0.1) is 7.11 Å². The lowest BCUT2D eigenvalue weighted by molar-refractivity contribution is 0.101. The smallest absolute Gasteiger partial charge is 0.277 e. The second kappa shape index (κ2) is 6.86. The van der Waals surface area contributed by atoms with Gasteiger partial charge in [0.2, 0.25) is 0 Å². The Bertz CT molecular complexity index is 937. The maximum Gasteiger partial charge on any atom is 0.277 e. The molecule has 3 aromatic rings. The van der Waals surface area contributed by atoms with Crippen molar-refractivity contribution in [2.24, 2.45) is 0 Å². The fraction of sp³-hybridized carbons (Fsp3) is 0.111. The molecule has 2 N–H and O–H groups in total. The van der Waals surface area contributed by atoms with Crippen LogP contribution in [0.3, 0.4) is 0 Å². The van der Waals surface area contributed by atoms with Gasteiger partial charge >= 0.3 is 0 Å². The molecule has 1 aromatic heterocycles. The Morgan fingerprint density at radius 3 is 2.80 bits per heavy atom. The third kappa shape index (κ3) is 3.44. The maximum absolute atomic E-state index is 12.3. The lowest BCUT2D eigenvalue weighted by Crippen LogP contribution is -2.13. The fourth-order valence-electron chi connectivity index (χ4n) is 2.29. The van der Waals surface area contributed by atoms with E-state index in [1.807, 2.05) is 6.92 Å². The summed E-state index contributed by atoms with van der Waals surface area (Å²) in [6, 6.07) is 11.5. The van der Waals surface area contributed by atoms with Crippen LogP contribution >= 0.6 is 11.6 Å². The van der Waals surface area contributed by atoms with Crippen molar-refractivity contribution in [1.29, 1.82) is 0 Å². The van der Waals surface area contributed by atoms with E-state index in [0.717, 1.165) is 5.56 Å². The number of rotatable bonds is 4. The zero-order valence-corrected chi connectivity index (χ0v) is 14.3. The third-order valence-electron chi connectivity index (χ3n) is 3.72. The minimum atomic E-state index is -0.418. The molecule has 7 heteroatoms. The van der Waals surface area contributed by atoms with Crippen molar-refractivity contribution >= 4 is 23.2 Å². The van der Waals surface area contributed by atoms with Crippen LogP contribution in [0.4, 0.5) is 5.69 Å². The molecule has 0 atom stereocenters. The summed E-state index contributed by atoms with van der Waals surface area (Å²) >= 11 is 6.05. The molecule has 25 heavy (non-hydrogen) atoms. The van der Waals surface area contributed by atoms with Gasteiger partial charge in [-0.15, -0.1) is 0 Å². The van der Waals surface area contributed by atoms with Crippen LogP contribution in [0.2, 0.25) is 5.02 Å². The molecule has 0 radical (unpaired) electrons. The first-order chi connectivity index (χ1) is 12.0. The molecule has 0 aliphatic carbocycles. The van der Waals surface area contributed by atoms with Gasteiger partial charge in [0, 0.05) is 22.3 Å². The van der Waals surface area contributed by atoms with Crippen LogP contribution in [0.1, 0.15) is 16.1 Å². The highest BCUT2D eigenvalue weighted by Gasteiger charge is 2.16. The molecular weight excluding hydrogens is 344 g/mol. The minimum Gasteiger partial charge on any atom is -0.504 e. The number of carbonyl (C=O) groups excluding carboxylic acids is 1. The van der Waals surface area contributed by atoms with Crippen LogP contribution in [0.5, 0.6) is 11.5 Å². The topological polar surface area (TPSA) is 84.6 Å². The van der Waals surface area contributed by atoms with Crippen molar-refractivity contribution in [3.05, 3.63) is 58.7 Å². The van der Waals surface area contributed by atoms with Crippen LogP contribution in [-0.2, 0) is 0 Å². The number of carbonyl (C=O) groups is 1. The van der Waals surface area contributed by atoms with E-state index in [1.165, 1.54) is 19.2 Å². The standard InChI is InChI=1S/C18H15ClN2O4/c1-10-12(19)4-3-5-13(10)20-18(23)14-9-17(25-21-14)11-6-7-16(24-2)15(22)8-11/h3-9,22H,1-2H3,(H,20,23). The van der Waals surface area contributed by atoms with Crippen LogP contribution in [0, 0.1) is 6.92 Å². The molecule has 0 unspecified atom stereocenters. The Hall–Kier alpha value is -2.99. The number of hydrogen-bond donors (Lipinski definition) is 2. The van der Waals surface area contributed by atoms with E-state index in [4.69, 9.17) is 20.9 Å². The summed E-state index contributed by atoms with van der Waals surface area (Å²) in [5.74, 6) is 0.249. The van der Waals surface area contributed by atoms with Gasteiger partial charge in [-0.25, -0.2) is 0 Å². The predicted octanol–water partition coefficient (Wildman–Crippen LogP) is 4.27. The Kier molecular flexibility index (Phi) is 4.63. The highest BCUT2D eigenvalue weighted by molar-refractivity contribution is 6.31. The molecule has 2 aromatic carbocycles. The summed E-state index contributed by atoms with van der Waals surface area (Å²) in [6.07, 6.45) is 0. The van der Waals surface area contributed by atoms with Gasteiger partial charge in [0.25, 0.3) is 5.91 Å². The number of ether oxygens (including phenoxy) is 1. The number of nitrogens with zero attached hydrogens (tertiary/aromatic N) is 1. The van der Waals surface area contributed by atoms with Gasteiger partial charge in [-0.2, -0.15) is 0 Å². The Labute approximate surface area is 149 Å². The number of benzene rings is 2. The van der Waals surface area contributed by atoms with E-state index < -0.39 is 5.91 Å². The largest absolute Gasteiger partial charge is 0.504 e. The highest BCUT2D eigenvalue weighted by Crippen LogP contribution is 2.31. The van der Waals surface area contributed by atoms with Gasteiger partial charge in [0.15, 0.2) is 23.0 Å². The van der Waals surface area contributed by atoms with Crippen molar-refractivity contribution < 1.29 is 19.2 Å². The Morgan fingerprint density at radius 1 is 1.28 bits per heavy atom. The molecule has 0 aliphatic rings. The van der Waals surface area contributed by atoms with E-state index in [9.17, 15) is 9.90 Å². The quantitative estimate of drug-likeness (QED) is 0.727. The number of aromatic nitrogens is 1. The summed E-state index contributed by atoms with van der Waals surface area (Å²) in [5, 5.41) is 16.9. The summed E-state index contributed by atoms with van der Waals surface area (Å²) in [7, 11) is 1.46. The van der Waals surface area contributed by atoms with Crippen LogP contribution in [-0.4, -0.2) is 23.3 Å². The molecular formula is C18H15ClN2O4. The van der Waals surface area contributed by atoms with E-state index in [0.29, 0.717) is 27.8 Å². The van der Waals surface area contributed by atoms with E-state index in [1.54, 1.807) is 30.3 Å². The van der Waals surface area contributed by atoms with E-state index >= 15 is 0 Å². The van der Waals surface area contributed by atoms with Crippen LogP contribution in [0.25, 0.3) is 11.3 Å². The summed E-state index contributed by atoms with van der Waals surface area (Å²) < 4.78 is 10.2. The second-order valence-corrected chi connectivity index (χ2v) is 5.74. The van der Waals surface area contributed by atoms with Crippen molar-refractivity contribution in [3.63, 3.8) is 0 Å². The number of hydrogen-bond acceptors (Lipinski definition) is 5. The summed E-state index contributed by atoms with van der Waals surface area (Å²) in [4.78, 5) is 12.3. The molecule has 0 bridgehead atoms. The number of nitrogens with one attached hydrogen (secondary N) is 1. The number of methoxy groups -OCH3 is 1. The molecule has 0 spiro atoms. The molecule has 3 rings (SSSR count). The number of phenolic OH excluding ortho intramolecular Hbond substituents is 1. The molecule has 0 saturated heterocycles. The van der Waals surface area contributed by atoms with Crippen molar-refractivity contribution in [2.45, 2.75) is 6.92 Å². The Morgan fingerprint density at radius 2 is 2.08 bits per heavy atom. The number of aromatic hydroxyl groups is 1. The molecule has 1 heterocycles. The Balaban J connectivity index is 1.82. The number of amides is 1. The minimum absolute atomic E-state index is 0.0306. The normalized spacial score (nSPS) is 10.5. The summed E-state index contributed by atoms with van der Waals surface area (Å²) in [6.45, 7) is 1.81. The van der Waals surface area contributed by atoms with Crippen LogP contribution in [0.15, 0.2) is 47.0 Å². The second-order valence-electron chi connectivity index (χ2n) is 5.33. The van der Waals surface area contributed by atoms with Gasteiger partial charge in [-0.3, -0.25) is 4.79 Å². The maximum atomic E-state index is 12.3. The first kappa shape index (κ1) is 16.9. The number of anilines is 1. The molecule has 1 amide bonds. The monoisotopic (exact) mass is 358 g/mol. The molecule has 0 saturated carbocycles. The third-order valence-corrected chi connectivity index (χ3v) is 4.13. The van der Waals surface area contributed by atoms with Crippen molar-refractivity contribution in [2.75, 3.05) is 12.4 Å². The van der Waals surface area contributed by atoms with Crippen molar-refractivity contribution in [1.82, 2.24) is 5.16 Å². The average Bonchev–Trinajstić information content (AvgIpc) is 3.09. The van der Waals surface area contributed by atoms with Gasteiger partial charge < -0.3 is 19.7 Å². The predicted molar refractivity (Wildman–Crippen MR) is 94.3 cm³/mol. The molecule has 0 fully saturated rings. The van der Waals surface area contributed by atoms with Gasteiger partial charge in [-0.1, -0.05) is 22.8 Å². The zero-order valence-electron chi connectivity index (χ0n) is 13.5. The van der Waals surface area contributed by atoms with Crippen molar-refractivity contribution in [3.8, 4) is 22.8 Å². The SMILES string of the molecule is COc1ccc(-c2cc(C(=O)Nc3cccc(Cl)c3C)no2)cc1O. The van der Waals surface area contributed by atoms with Gasteiger partial charge in [-0.05, 0) is 42.8 Å². The van der Waals surface area contributed by atoms with Crippen LogP contribution < -0.4 is 10.1 Å². The molecule has 128 valence electrons. The van der Waals surface area contributed by atoms with E-state index in [-0.39, 0.29) is 11.4 Å². The number of halogens is 1. The molecule has 0 aliphatic heterocycles. The first-order valence-corrected chi connectivity index (χ1v) is 7.78. The zero-order chi connectivity index (χ0) is 18.0.